The van der Waals surface area contributed by atoms with Gasteiger partial charge in [0, 0.05) is 42.4 Å². The number of ether oxygens (including phenoxy) is 1. The number of hydrogen-bond donors (Lipinski definition) is 1. The quantitative estimate of drug-likeness (QED) is 0.355. The molecule has 0 spiro atoms. The lowest BCUT2D eigenvalue weighted by atomic mass is 9.94. The van der Waals surface area contributed by atoms with Crippen LogP contribution in [0.2, 0.25) is 0 Å². The fourth-order valence-corrected chi connectivity index (χ4v) is 3.77. The van der Waals surface area contributed by atoms with Gasteiger partial charge < -0.3 is 10.1 Å². The number of rotatable bonds is 7. The molecule has 0 aliphatic carbocycles. The van der Waals surface area contributed by atoms with Gasteiger partial charge in [-0.15, -0.1) is 0 Å². The lowest BCUT2D eigenvalue weighted by Gasteiger charge is -2.16. The second-order valence-corrected chi connectivity index (χ2v) is 8.37. The largest absolute Gasteiger partial charge is 0.380 e. The Hall–Kier alpha value is -3.90. The fraction of sp³-hybridized carbons (Fsp3) is 0.241. The van der Waals surface area contributed by atoms with Crippen molar-refractivity contribution < 1.29 is 9.53 Å². The molecule has 0 unspecified atom stereocenters. The summed E-state index contributed by atoms with van der Waals surface area (Å²) in [4.78, 5) is 26.4. The minimum Gasteiger partial charge on any atom is -0.380 e. The van der Waals surface area contributed by atoms with Crippen LogP contribution in [-0.2, 0) is 11.3 Å². The first-order valence-electron chi connectivity index (χ1n) is 11.2. The van der Waals surface area contributed by atoms with Crippen molar-refractivity contribution in [2.45, 2.75) is 40.8 Å². The number of carbonyl (C=O) groups excluding carboxylic acids is 1. The predicted octanol–water partition coefficient (Wildman–Crippen LogP) is 6.10. The molecule has 6 heteroatoms. The van der Waals surface area contributed by atoms with Gasteiger partial charge in [0.05, 0.1) is 18.3 Å². The molecule has 1 atom stereocenters. The molecular formula is C29H32N4O2. The van der Waals surface area contributed by atoms with E-state index in [4.69, 9.17) is 4.74 Å². The smallest absolute Gasteiger partial charge is 0.251 e. The zero-order chi connectivity index (χ0) is 24.1. The normalized spacial score (nSPS) is 11.4. The number of carbonyl (C=O) groups is 1. The number of methoxy groups -OCH3 is 1. The number of aromatic nitrogens is 3. The number of amides is 1. The van der Waals surface area contributed by atoms with Crippen LogP contribution in [0.15, 0.2) is 73.2 Å². The van der Waals surface area contributed by atoms with Gasteiger partial charge in [-0.1, -0.05) is 37.8 Å². The van der Waals surface area contributed by atoms with Gasteiger partial charge >= 0.3 is 0 Å². The maximum absolute atomic E-state index is 13.3. The second kappa shape index (κ2) is 11.5. The molecule has 4 rings (SSSR count). The Balaban J connectivity index is 0.00000342. The molecule has 4 aromatic rings. The molecule has 0 aliphatic rings. The van der Waals surface area contributed by atoms with Gasteiger partial charge in [0.15, 0.2) is 0 Å². The molecule has 0 radical (unpaired) electrons. The Morgan fingerprint density at radius 1 is 0.943 bits per heavy atom. The number of aryl methyl sites for hydroxylation is 2. The minimum absolute atomic E-state index is 0. The minimum atomic E-state index is -0.238. The molecule has 2 heterocycles. The summed E-state index contributed by atoms with van der Waals surface area (Å²) in [5.74, 6) is 0.521. The fourth-order valence-electron chi connectivity index (χ4n) is 3.77. The third-order valence-electron chi connectivity index (χ3n) is 5.68. The molecule has 1 amide bonds. The van der Waals surface area contributed by atoms with E-state index in [-0.39, 0.29) is 19.4 Å². The third kappa shape index (κ3) is 6.16. The monoisotopic (exact) mass is 468 g/mol. The van der Waals surface area contributed by atoms with Crippen LogP contribution < -0.4 is 5.32 Å². The molecule has 0 saturated heterocycles. The van der Waals surface area contributed by atoms with Crippen LogP contribution in [0.5, 0.6) is 0 Å². The Kier molecular flexibility index (Phi) is 8.44. The van der Waals surface area contributed by atoms with E-state index in [1.807, 2.05) is 75.5 Å². The average molecular weight is 469 g/mol. The van der Waals surface area contributed by atoms with E-state index in [9.17, 15) is 4.79 Å². The second-order valence-electron chi connectivity index (χ2n) is 8.37. The SMILES string of the molecule is C.COCc1ccccc1-c1cc(C(=O)N[C@H](C)c2cnc(C)nc2)cc(-c2ccc(C)cn2)c1. The van der Waals surface area contributed by atoms with Gasteiger partial charge in [-0.25, -0.2) is 9.97 Å². The highest BCUT2D eigenvalue weighted by molar-refractivity contribution is 5.97. The molecule has 180 valence electrons. The highest BCUT2D eigenvalue weighted by Crippen LogP contribution is 2.30. The molecule has 0 aliphatic heterocycles. The maximum atomic E-state index is 13.3. The van der Waals surface area contributed by atoms with Crippen molar-refractivity contribution in [2.75, 3.05) is 7.11 Å². The molecule has 0 bridgehead atoms. The standard InChI is InChI=1S/C28H28N4O2.CH4/c1-18-9-10-27(31-14-18)23-11-22(26-8-6-5-7-21(26)17-34-4)12-24(13-23)28(33)32-19(2)25-15-29-20(3)30-16-25;/h5-16,19H,17H2,1-4H3,(H,32,33);1H4/t19-;/m1./s1. The lowest BCUT2D eigenvalue weighted by Crippen LogP contribution is -2.27. The van der Waals surface area contributed by atoms with Crippen LogP contribution in [0.3, 0.4) is 0 Å². The van der Waals surface area contributed by atoms with E-state index in [0.29, 0.717) is 18.0 Å². The van der Waals surface area contributed by atoms with Gasteiger partial charge in [0.2, 0.25) is 0 Å². The van der Waals surface area contributed by atoms with Crippen molar-refractivity contribution in [1.82, 2.24) is 20.3 Å². The maximum Gasteiger partial charge on any atom is 0.251 e. The van der Waals surface area contributed by atoms with Crippen LogP contribution in [0.1, 0.15) is 53.3 Å². The number of nitrogens with one attached hydrogen (secondary N) is 1. The van der Waals surface area contributed by atoms with Crippen LogP contribution >= 0.6 is 0 Å². The Labute approximate surface area is 207 Å². The van der Waals surface area contributed by atoms with E-state index >= 15 is 0 Å². The van der Waals surface area contributed by atoms with Crippen LogP contribution in [0, 0.1) is 13.8 Å². The summed E-state index contributed by atoms with van der Waals surface area (Å²) in [5.41, 5.74) is 7.18. The Bertz CT molecular complexity index is 1290. The first-order valence-corrected chi connectivity index (χ1v) is 11.2. The Morgan fingerprint density at radius 3 is 2.34 bits per heavy atom. The summed E-state index contributed by atoms with van der Waals surface area (Å²) in [6.45, 7) is 6.24. The van der Waals surface area contributed by atoms with Crippen molar-refractivity contribution >= 4 is 5.91 Å². The average Bonchev–Trinajstić information content (AvgIpc) is 2.85. The van der Waals surface area contributed by atoms with Gasteiger partial charge in [-0.3, -0.25) is 9.78 Å². The van der Waals surface area contributed by atoms with E-state index in [0.717, 1.165) is 39.1 Å². The van der Waals surface area contributed by atoms with E-state index < -0.39 is 0 Å². The van der Waals surface area contributed by atoms with E-state index in [1.54, 1.807) is 19.5 Å². The molecule has 2 aromatic heterocycles. The molecule has 2 aromatic carbocycles. The van der Waals surface area contributed by atoms with Crippen LogP contribution in [0.25, 0.3) is 22.4 Å². The molecular weight excluding hydrogens is 436 g/mol. The topological polar surface area (TPSA) is 77.0 Å². The summed E-state index contributed by atoms with van der Waals surface area (Å²) >= 11 is 0. The Morgan fingerprint density at radius 2 is 1.66 bits per heavy atom. The van der Waals surface area contributed by atoms with Crippen molar-refractivity contribution in [3.05, 3.63) is 101 Å². The number of benzene rings is 2. The van der Waals surface area contributed by atoms with Gasteiger partial charge in [0.25, 0.3) is 5.91 Å². The van der Waals surface area contributed by atoms with Crippen molar-refractivity contribution in [2.24, 2.45) is 0 Å². The van der Waals surface area contributed by atoms with Crippen LogP contribution in [0.4, 0.5) is 0 Å². The van der Waals surface area contributed by atoms with E-state index in [2.05, 4.69) is 26.3 Å². The number of nitrogens with zero attached hydrogens (tertiary/aromatic N) is 3. The highest BCUT2D eigenvalue weighted by atomic mass is 16.5. The number of pyridine rings is 1. The molecule has 0 fully saturated rings. The summed E-state index contributed by atoms with van der Waals surface area (Å²) < 4.78 is 5.40. The van der Waals surface area contributed by atoms with Crippen LogP contribution in [-0.4, -0.2) is 28.0 Å². The van der Waals surface area contributed by atoms with E-state index in [1.165, 1.54) is 0 Å². The zero-order valence-electron chi connectivity index (χ0n) is 19.9. The summed E-state index contributed by atoms with van der Waals surface area (Å²) in [6, 6.07) is 17.7. The molecule has 35 heavy (non-hydrogen) atoms. The molecule has 0 saturated carbocycles. The zero-order valence-corrected chi connectivity index (χ0v) is 19.9. The van der Waals surface area contributed by atoms with Gasteiger partial charge in [-0.2, -0.15) is 0 Å². The van der Waals surface area contributed by atoms with Gasteiger partial charge in [0.1, 0.15) is 5.82 Å². The molecule has 1 N–H and O–H groups in total. The molecule has 6 nitrogen and oxygen atoms in total. The van der Waals surface area contributed by atoms with Crippen molar-refractivity contribution in [3.63, 3.8) is 0 Å². The summed E-state index contributed by atoms with van der Waals surface area (Å²) in [7, 11) is 1.68. The van der Waals surface area contributed by atoms with Crippen molar-refractivity contribution in [1.29, 1.82) is 0 Å². The lowest BCUT2D eigenvalue weighted by molar-refractivity contribution is 0.0940. The van der Waals surface area contributed by atoms with Crippen molar-refractivity contribution in [3.8, 4) is 22.4 Å². The van der Waals surface area contributed by atoms with Gasteiger partial charge in [-0.05, 0) is 67.3 Å². The first kappa shape index (κ1) is 25.7. The third-order valence-corrected chi connectivity index (χ3v) is 5.68. The first-order chi connectivity index (χ1) is 16.4. The number of hydrogen-bond acceptors (Lipinski definition) is 5. The highest BCUT2D eigenvalue weighted by Gasteiger charge is 2.16. The summed E-state index contributed by atoms with van der Waals surface area (Å²) in [6.07, 6.45) is 5.32. The predicted molar refractivity (Wildman–Crippen MR) is 140 cm³/mol. The summed E-state index contributed by atoms with van der Waals surface area (Å²) in [5, 5.41) is 3.07.